The van der Waals surface area contributed by atoms with Crippen molar-refractivity contribution < 1.29 is 61.6 Å². The number of benzene rings is 5. The molecule has 13 heteroatoms. The van der Waals surface area contributed by atoms with Crippen LogP contribution in [0.25, 0.3) is 0 Å². The summed E-state index contributed by atoms with van der Waals surface area (Å²) in [5, 5.41) is 0. The van der Waals surface area contributed by atoms with Crippen LogP contribution in [0.5, 0.6) is 0 Å². The van der Waals surface area contributed by atoms with Crippen LogP contribution < -0.4 is 0 Å². The maximum atomic E-state index is 13.3. The molecule has 0 radical (unpaired) electrons. The molecule has 8 rings (SSSR count). The van der Waals surface area contributed by atoms with Gasteiger partial charge in [-0.2, -0.15) is 0 Å². The zero-order valence-electron chi connectivity index (χ0n) is 35.3. The summed E-state index contributed by atoms with van der Waals surface area (Å²) in [6.07, 6.45) is -11.0. The van der Waals surface area contributed by atoms with E-state index in [1.165, 1.54) is 7.11 Å². The average Bonchev–Trinajstić information content (AvgIpc) is 3.34. The van der Waals surface area contributed by atoms with E-state index in [4.69, 9.17) is 56.8 Å². The fourth-order valence-electron chi connectivity index (χ4n) is 7.97. The quantitative estimate of drug-likeness (QED) is 0.0800. The normalized spacial score (nSPS) is 28.1. The molecule has 3 heterocycles. The van der Waals surface area contributed by atoms with Gasteiger partial charge in [-0.05, 0) is 22.3 Å². The molecule has 0 aromatic heterocycles. The van der Waals surface area contributed by atoms with Crippen LogP contribution in [-0.2, 0) is 83.3 Å². The monoisotopic (exact) mass is 862 g/mol. The Kier molecular flexibility index (Phi) is 16.0. The Hall–Kier alpha value is -5.03. The third kappa shape index (κ3) is 11.8. The smallest absolute Gasteiger partial charge is 0.438 e. The van der Waals surface area contributed by atoms with E-state index in [1.807, 2.05) is 152 Å². The number of carbonyl (C=O) groups is 1. The number of methoxy groups -OCH3 is 2. The van der Waals surface area contributed by atoms with Crippen molar-refractivity contribution in [3.8, 4) is 0 Å². The largest absolute Gasteiger partial charge is 0.508 e. The van der Waals surface area contributed by atoms with Crippen LogP contribution in [0.2, 0.25) is 0 Å². The molecule has 3 fully saturated rings. The summed E-state index contributed by atoms with van der Waals surface area (Å²) in [4.78, 5) is 13.3. The molecule has 0 saturated carbocycles. The summed E-state index contributed by atoms with van der Waals surface area (Å²) in [6, 6.07) is 48.7. The lowest BCUT2D eigenvalue weighted by Crippen LogP contribution is -2.67. The van der Waals surface area contributed by atoms with Gasteiger partial charge in [0, 0.05) is 12.7 Å². The van der Waals surface area contributed by atoms with Crippen molar-refractivity contribution in [2.45, 2.75) is 94.1 Å². The Morgan fingerprint density at radius 1 is 0.540 bits per heavy atom. The van der Waals surface area contributed by atoms with Gasteiger partial charge in [0.25, 0.3) is 0 Å². The minimum atomic E-state index is -1.31. The SMILES string of the molecule is COC(=O)O[C@H]1[C@H](O[C@@H]2[C@@H](OCc3ccccc3)[C@@H](OC)O[C@@H]3COC(c4ccccc4)O[C@@H]23)O[C@H](COCc2ccccc2)[C@H](OCc2ccccc2)[C@@H]1OCc1ccccc1. The van der Waals surface area contributed by atoms with Crippen LogP contribution in [0.1, 0.15) is 34.1 Å². The number of hydrogen-bond donors (Lipinski definition) is 0. The molecule has 13 nitrogen and oxygen atoms in total. The predicted octanol–water partition coefficient (Wildman–Crippen LogP) is 7.71. The van der Waals surface area contributed by atoms with Gasteiger partial charge in [-0.15, -0.1) is 0 Å². The van der Waals surface area contributed by atoms with Crippen LogP contribution in [-0.4, -0.2) is 95.0 Å². The highest BCUT2D eigenvalue weighted by Crippen LogP contribution is 2.40. The van der Waals surface area contributed by atoms with Crippen molar-refractivity contribution in [3.05, 3.63) is 179 Å². The molecule has 63 heavy (non-hydrogen) atoms. The minimum absolute atomic E-state index is 0.0687. The summed E-state index contributed by atoms with van der Waals surface area (Å²) >= 11 is 0. The Morgan fingerprint density at radius 2 is 1.05 bits per heavy atom. The standard InChI is InChI=1S/C50H54O13/c1-52-48-45(57-31-37-24-14-6-15-25-37)44(42-40(59-48)33-58-47(61-42)38-26-16-7-17-27-38)62-49-46(63-50(51)53-2)43(56-30-36-22-12-5-13-23-36)41(55-29-35-20-10-4-11-21-35)39(60-49)32-54-28-34-18-8-3-9-19-34/h3-27,39-49H,28-33H2,1-2H3/t39-,40-,41+,42-,43+,44+,45-,46-,47?,48+,49+/m1/s1. The van der Waals surface area contributed by atoms with Crippen molar-refractivity contribution in [3.63, 3.8) is 0 Å². The predicted molar refractivity (Wildman–Crippen MR) is 228 cm³/mol. The average molecular weight is 863 g/mol. The maximum absolute atomic E-state index is 13.3. The minimum Gasteiger partial charge on any atom is -0.438 e. The van der Waals surface area contributed by atoms with Crippen molar-refractivity contribution >= 4 is 6.16 Å². The van der Waals surface area contributed by atoms with Crippen LogP contribution in [0, 0.1) is 0 Å². The first kappa shape index (κ1) is 44.6. The van der Waals surface area contributed by atoms with E-state index in [-0.39, 0.29) is 33.0 Å². The Balaban J connectivity index is 1.17. The molecule has 5 aromatic carbocycles. The van der Waals surface area contributed by atoms with Gasteiger partial charge in [0.1, 0.15) is 42.7 Å². The van der Waals surface area contributed by atoms with E-state index in [2.05, 4.69) is 0 Å². The number of hydrogen-bond acceptors (Lipinski definition) is 13. The zero-order chi connectivity index (χ0) is 43.2. The molecule has 0 amide bonds. The van der Waals surface area contributed by atoms with Gasteiger partial charge in [0.2, 0.25) is 0 Å². The van der Waals surface area contributed by atoms with Gasteiger partial charge in [-0.25, -0.2) is 4.79 Å². The maximum Gasteiger partial charge on any atom is 0.508 e. The summed E-state index contributed by atoms with van der Waals surface area (Å²) in [7, 11) is 2.78. The van der Waals surface area contributed by atoms with E-state index in [0.29, 0.717) is 6.61 Å². The van der Waals surface area contributed by atoms with Crippen molar-refractivity contribution in [1.82, 2.24) is 0 Å². The van der Waals surface area contributed by atoms with E-state index >= 15 is 0 Å². The number of carbonyl (C=O) groups excluding carboxylic acids is 1. The molecular formula is C50H54O13. The molecule has 3 saturated heterocycles. The van der Waals surface area contributed by atoms with Crippen LogP contribution in [0.4, 0.5) is 4.79 Å². The molecule has 11 atom stereocenters. The van der Waals surface area contributed by atoms with Gasteiger partial charge in [-0.1, -0.05) is 152 Å². The van der Waals surface area contributed by atoms with E-state index < -0.39 is 73.9 Å². The van der Waals surface area contributed by atoms with Crippen molar-refractivity contribution in [1.29, 1.82) is 0 Å². The zero-order valence-corrected chi connectivity index (χ0v) is 35.3. The second-order valence-electron chi connectivity index (χ2n) is 15.4. The molecule has 0 spiro atoms. The first-order valence-corrected chi connectivity index (χ1v) is 21.2. The van der Waals surface area contributed by atoms with Crippen LogP contribution in [0.3, 0.4) is 0 Å². The molecule has 332 valence electrons. The van der Waals surface area contributed by atoms with Crippen LogP contribution in [0.15, 0.2) is 152 Å². The molecule has 1 unspecified atom stereocenters. The van der Waals surface area contributed by atoms with Crippen molar-refractivity contribution in [2.24, 2.45) is 0 Å². The van der Waals surface area contributed by atoms with E-state index in [1.54, 1.807) is 7.11 Å². The number of ether oxygens (including phenoxy) is 12. The molecule has 0 N–H and O–H groups in total. The summed E-state index contributed by atoms with van der Waals surface area (Å²) in [6.45, 7) is 1.09. The highest BCUT2D eigenvalue weighted by molar-refractivity contribution is 5.60. The molecule has 3 aliphatic rings. The summed E-state index contributed by atoms with van der Waals surface area (Å²) in [5.74, 6) is 0. The Bertz CT molecular complexity index is 2070. The lowest BCUT2D eigenvalue weighted by molar-refractivity contribution is -0.397. The van der Waals surface area contributed by atoms with Crippen molar-refractivity contribution in [2.75, 3.05) is 27.4 Å². The second-order valence-corrected chi connectivity index (χ2v) is 15.4. The third-order valence-electron chi connectivity index (χ3n) is 11.1. The molecule has 5 aromatic rings. The van der Waals surface area contributed by atoms with Gasteiger partial charge in [0.15, 0.2) is 25.0 Å². The number of rotatable bonds is 18. The van der Waals surface area contributed by atoms with Crippen LogP contribution >= 0.6 is 0 Å². The number of fused-ring (bicyclic) bond motifs is 1. The lowest BCUT2D eigenvalue weighted by atomic mass is 9.95. The molecule has 0 aliphatic carbocycles. The highest BCUT2D eigenvalue weighted by atomic mass is 16.8. The van der Waals surface area contributed by atoms with E-state index in [0.717, 1.165) is 27.8 Å². The summed E-state index contributed by atoms with van der Waals surface area (Å²) in [5.41, 5.74) is 4.54. The third-order valence-corrected chi connectivity index (χ3v) is 11.1. The fourth-order valence-corrected chi connectivity index (χ4v) is 7.97. The van der Waals surface area contributed by atoms with Gasteiger partial charge in [-0.3, -0.25) is 0 Å². The molecule has 3 aliphatic heterocycles. The van der Waals surface area contributed by atoms with E-state index in [9.17, 15) is 4.79 Å². The van der Waals surface area contributed by atoms with Gasteiger partial charge in [0.05, 0.1) is 46.8 Å². The molecular weight excluding hydrogens is 809 g/mol. The lowest BCUT2D eigenvalue weighted by Gasteiger charge is -2.51. The highest BCUT2D eigenvalue weighted by Gasteiger charge is 2.56. The molecule has 0 bridgehead atoms. The summed E-state index contributed by atoms with van der Waals surface area (Å²) < 4.78 is 77.3. The first-order valence-electron chi connectivity index (χ1n) is 21.2. The second kappa shape index (κ2) is 22.5. The fraction of sp³-hybridized carbons (Fsp3) is 0.380. The Labute approximate surface area is 367 Å². The topological polar surface area (TPSA) is 128 Å². The van der Waals surface area contributed by atoms with Gasteiger partial charge < -0.3 is 56.8 Å². The first-order chi connectivity index (χ1) is 31.1. The Morgan fingerprint density at radius 3 is 1.59 bits per heavy atom. The van der Waals surface area contributed by atoms with Gasteiger partial charge >= 0.3 is 6.16 Å².